The third kappa shape index (κ3) is 4.98. The second kappa shape index (κ2) is 9.35. The summed E-state index contributed by atoms with van der Waals surface area (Å²) in [5, 5.41) is 17.2. The molecule has 0 aliphatic carbocycles. The van der Waals surface area contributed by atoms with Crippen molar-refractivity contribution in [3.8, 4) is 0 Å². The molecular weight excluding hydrogens is 457 g/mol. The zero-order valence-corrected chi connectivity index (χ0v) is 18.9. The van der Waals surface area contributed by atoms with Crippen molar-refractivity contribution in [1.29, 1.82) is 0 Å². The Bertz CT molecular complexity index is 1160. The van der Waals surface area contributed by atoms with E-state index in [-0.39, 0.29) is 17.5 Å². The van der Waals surface area contributed by atoms with Crippen LogP contribution in [0.5, 0.6) is 0 Å². The Morgan fingerprint density at radius 1 is 1.22 bits per heavy atom. The lowest BCUT2D eigenvalue weighted by Crippen LogP contribution is -2.48. The number of piperazine rings is 1. The first kappa shape index (κ1) is 22.4. The Morgan fingerprint density at radius 2 is 1.97 bits per heavy atom. The minimum Gasteiger partial charge on any atom is -0.358 e. The lowest BCUT2D eigenvalue weighted by molar-refractivity contribution is -0.389. The van der Waals surface area contributed by atoms with Gasteiger partial charge in [-0.15, -0.1) is 11.3 Å². The van der Waals surface area contributed by atoms with E-state index in [1.54, 1.807) is 17.7 Å². The van der Waals surface area contributed by atoms with E-state index in [1.165, 1.54) is 29.5 Å². The van der Waals surface area contributed by atoms with Gasteiger partial charge in [-0.2, -0.15) is 4.68 Å². The number of carbonyl (C=O) groups excluding carboxylic acids is 1. The van der Waals surface area contributed by atoms with Gasteiger partial charge >= 0.3 is 5.82 Å². The molecule has 0 unspecified atom stereocenters. The van der Waals surface area contributed by atoms with Crippen molar-refractivity contribution in [2.45, 2.75) is 20.0 Å². The SMILES string of the molecule is Cc1cc([N+](=O)[O-])nn1Cc1csc(C(=O)N2CCN(Cc3ccc(F)cc3Cl)CC2)c1. The Balaban J connectivity index is 1.34. The summed E-state index contributed by atoms with van der Waals surface area (Å²) in [6, 6.07) is 7.66. The number of carbonyl (C=O) groups is 1. The highest BCUT2D eigenvalue weighted by atomic mass is 35.5. The Labute approximate surface area is 193 Å². The number of rotatable bonds is 6. The summed E-state index contributed by atoms with van der Waals surface area (Å²) in [7, 11) is 0. The smallest absolute Gasteiger partial charge is 0.358 e. The first-order valence-corrected chi connectivity index (χ1v) is 11.3. The fourth-order valence-electron chi connectivity index (χ4n) is 3.64. The summed E-state index contributed by atoms with van der Waals surface area (Å²) in [4.78, 5) is 28.0. The highest BCUT2D eigenvalue weighted by Crippen LogP contribution is 2.22. The molecule has 0 N–H and O–H groups in total. The molecule has 0 saturated carbocycles. The van der Waals surface area contributed by atoms with Crippen LogP contribution >= 0.6 is 22.9 Å². The van der Waals surface area contributed by atoms with E-state index >= 15 is 0 Å². The zero-order chi connectivity index (χ0) is 22.8. The predicted molar refractivity (Wildman–Crippen MR) is 120 cm³/mol. The van der Waals surface area contributed by atoms with Crippen LogP contribution in [0.4, 0.5) is 10.2 Å². The molecule has 3 aromatic rings. The average molecular weight is 478 g/mol. The van der Waals surface area contributed by atoms with Crippen LogP contribution in [0.15, 0.2) is 35.7 Å². The van der Waals surface area contributed by atoms with Gasteiger partial charge in [0.05, 0.1) is 28.3 Å². The molecule has 0 atom stereocenters. The number of thiophene rings is 1. The third-order valence-corrected chi connectivity index (χ3v) is 6.74. The van der Waals surface area contributed by atoms with Crippen LogP contribution in [0.2, 0.25) is 5.02 Å². The topological polar surface area (TPSA) is 84.5 Å². The third-order valence-electron chi connectivity index (χ3n) is 5.42. The van der Waals surface area contributed by atoms with E-state index in [0.29, 0.717) is 54.9 Å². The van der Waals surface area contributed by atoms with E-state index in [9.17, 15) is 19.3 Å². The second-order valence-corrected chi connectivity index (χ2v) is 9.00. The molecule has 1 fully saturated rings. The average Bonchev–Trinajstić information content (AvgIpc) is 3.37. The van der Waals surface area contributed by atoms with Crippen molar-refractivity contribution in [2.75, 3.05) is 26.2 Å². The van der Waals surface area contributed by atoms with Crippen molar-refractivity contribution in [1.82, 2.24) is 19.6 Å². The lowest BCUT2D eigenvalue weighted by Gasteiger charge is -2.34. The Kier molecular flexibility index (Phi) is 6.54. The van der Waals surface area contributed by atoms with Crippen molar-refractivity contribution >= 4 is 34.7 Å². The predicted octanol–water partition coefficient (Wildman–Crippen LogP) is 3.96. The molecule has 4 rings (SSSR count). The van der Waals surface area contributed by atoms with Crippen LogP contribution in [-0.2, 0) is 13.1 Å². The van der Waals surface area contributed by atoms with E-state index < -0.39 is 4.92 Å². The maximum absolute atomic E-state index is 13.2. The number of aryl methyl sites for hydroxylation is 1. The molecule has 0 radical (unpaired) electrons. The van der Waals surface area contributed by atoms with E-state index in [1.807, 2.05) is 16.3 Å². The summed E-state index contributed by atoms with van der Waals surface area (Å²) < 4.78 is 14.8. The van der Waals surface area contributed by atoms with Gasteiger partial charge in [0.25, 0.3) is 5.91 Å². The van der Waals surface area contributed by atoms with E-state index in [2.05, 4.69) is 10.00 Å². The normalized spacial score (nSPS) is 14.7. The van der Waals surface area contributed by atoms with Crippen molar-refractivity contribution in [2.24, 2.45) is 0 Å². The van der Waals surface area contributed by atoms with Gasteiger partial charge in [-0.25, -0.2) is 4.39 Å². The number of nitrogens with zero attached hydrogens (tertiary/aromatic N) is 5. The van der Waals surface area contributed by atoms with Crippen molar-refractivity contribution in [3.05, 3.63) is 78.4 Å². The molecule has 1 aliphatic rings. The van der Waals surface area contributed by atoms with Gasteiger partial charge in [0.2, 0.25) is 0 Å². The fraction of sp³-hybridized carbons (Fsp3) is 0.333. The zero-order valence-electron chi connectivity index (χ0n) is 17.3. The summed E-state index contributed by atoms with van der Waals surface area (Å²) in [5.74, 6) is -0.567. The molecule has 2 aromatic heterocycles. The molecule has 32 heavy (non-hydrogen) atoms. The highest BCUT2D eigenvalue weighted by molar-refractivity contribution is 7.12. The molecule has 168 valence electrons. The van der Waals surface area contributed by atoms with Gasteiger partial charge in [-0.1, -0.05) is 17.7 Å². The fourth-order valence-corrected chi connectivity index (χ4v) is 4.74. The lowest BCUT2D eigenvalue weighted by atomic mass is 10.2. The number of nitro groups is 1. The molecule has 3 heterocycles. The van der Waals surface area contributed by atoms with E-state index in [4.69, 9.17) is 11.6 Å². The molecule has 1 aliphatic heterocycles. The van der Waals surface area contributed by atoms with E-state index in [0.717, 1.165) is 11.1 Å². The van der Waals surface area contributed by atoms with Crippen LogP contribution in [0, 0.1) is 22.9 Å². The summed E-state index contributed by atoms with van der Waals surface area (Å²) in [6.07, 6.45) is 0. The first-order chi connectivity index (χ1) is 15.3. The molecule has 11 heteroatoms. The van der Waals surface area contributed by atoms with Crippen LogP contribution < -0.4 is 0 Å². The Morgan fingerprint density at radius 3 is 2.62 bits per heavy atom. The number of amides is 1. The molecule has 0 spiro atoms. The molecule has 8 nitrogen and oxygen atoms in total. The largest absolute Gasteiger partial charge is 0.390 e. The van der Waals surface area contributed by atoms with Crippen molar-refractivity contribution in [3.63, 3.8) is 0 Å². The quantitative estimate of drug-likeness (QED) is 0.396. The number of halogens is 2. The van der Waals surface area contributed by atoms with Crippen LogP contribution in [-0.4, -0.2) is 56.6 Å². The van der Waals surface area contributed by atoms with Gasteiger partial charge in [0, 0.05) is 37.7 Å². The number of hydrogen-bond donors (Lipinski definition) is 0. The summed E-state index contributed by atoms with van der Waals surface area (Å²) in [5.41, 5.74) is 2.43. The van der Waals surface area contributed by atoms with Gasteiger partial charge in [-0.05, 0) is 46.6 Å². The summed E-state index contributed by atoms with van der Waals surface area (Å²) in [6.45, 7) is 5.33. The molecule has 1 saturated heterocycles. The molecule has 1 amide bonds. The maximum Gasteiger partial charge on any atom is 0.390 e. The Hall–Kier alpha value is -2.82. The van der Waals surface area contributed by atoms with Gasteiger partial charge < -0.3 is 15.0 Å². The van der Waals surface area contributed by atoms with Crippen LogP contribution in [0.25, 0.3) is 0 Å². The van der Waals surface area contributed by atoms with Crippen LogP contribution in [0.1, 0.15) is 26.5 Å². The second-order valence-electron chi connectivity index (χ2n) is 7.68. The summed E-state index contributed by atoms with van der Waals surface area (Å²) >= 11 is 7.49. The van der Waals surface area contributed by atoms with Gasteiger partial charge in [-0.3, -0.25) is 9.69 Å². The van der Waals surface area contributed by atoms with Gasteiger partial charge in [0.1, 0.15) is 5.82 Å². The number of aromatic nitrogens is 2. The standard InChI is InChI=1S/C21H21ClFN5O3S/c1-14-8-20(28(30)31)24-27(14)11-15-9-19(32-13-15)21(29)26-6-4-25(5-7-26)12-16-2-3-17(23)10-18(16)22/h2-3,8-10,13H,4-7,11-12H2,1H3. The molecule has 1 aromatic carbocycles. The van der Waals surface area contributed by atoms with Gasteiger partial charge in [0.15, 0.2) is 0 Å². The molecule has 0 bridgehead atoms. The molecular formula is C21H21ClFN5O3S. The number of hydrogen-bond acceptors (Lipinski definition) is 6. The monoisotopic (exact) mass is 477 g/mol. The van der Waals surface area contributed by atoms with Crippen molar-refractivity contribution < 1.29 is 14.1 Å². The first-order valence-electron chi connectivity index (χ1n) is 10.0. The highest BCUT2D eigenvalue weighted by Gasteiger charge is 2.24. The van der Waals surface area contributed by atoms with Crippen LogP contribution in [0.3, 0.4) is 0 Å². The maximum atomic E-state index is 13.2. The minimum absolute atomic E-state index is 0.0242. The minimum atomic E-state index is -0.518. The number of benzene rings is 1.